The van der Waals surface area contributed by atoms with E-state index in [4.69, 9.17) is 0 Å². The van der Waals surface area contributed by atoms with Crippen molar-refractivity contribution in [2.45, 2.75) is 51.2 Å². The summed E-state index contributed by atoms with van der Waals surface area (Å²) in [6.45, 7) is 5.72. The Morgan fingerprint density at radius 1 is 1.50 bits per heavy atom. The standard InChI is InChI=1S/C14H23N3S/c1-2-3-12-8-16-13(11-4-5-11)9-17(12)10-14-15-6-7-18-14/h6-7,11-13,16H,2-5,8-10H2,1H3. The average molecular weight is 265 g/mol. The van der Waals surface area contributed by atoms with Crippen LogP contribution in [-0.4, -0.2) is 35.1 Å². The van der Waals surface area contributed by atoms with E-state index in [1.165, 1.54) is 43.8 Å². The topological polar surface area (TPSA) is 28.2 Å². The van der Waals surface area contributed by atoms with Gasteiger partial charge in [0.15, 0.2) is 0 Å². The van der Waals surface area contributed by atoms with Gasteiger partial charge in [-0.3, -0.25) is 4.90 Å². The molecule has 1 N–H and O–H groups in total. The van der Waals surface area contributed by atoms with Gasteiger partial charge in [0.2, 0.25) is 0 Å². The number of hydrogen-bond acceptors (Lipinski definition) is 4. The number of piperazine rings is 1. The molecular formula is C14H23N3S. The predicted molar refractivity (Wildman–Crippen MR) is 75.7 cm³/mol. The lowest BCUT2D eigenvalue weighted by molar-refractivity contribution is 0.108. The van der Waals surface area contributed by atoms with E-state index in [9.17, 15) is 0 Å². The largest absolute Gasteiger partial charge is 0.311 e. The second kappa shape index (κ2) is 5.68. The molecular weight excluding hydrogens is 242 g/mol. The maximum atomic E-state index is 4.45. The van der Waals surface area contributed by atoms with Gasteiger partial charge in [-0.05, 0) is 25.2 Å². The first-order valence-electron chi connectivity index (χ1n) is 7.22. The molecule has 2 fully saturated rings. The molecule has 18 heavy (non-hydrogen) atoms. The molecule has 0 amide bonds. The zero-order valence-corrected chi connectivity index (χ0v) is 12.0. The summed E-state index contributed by atoms with van der Waals surface area (Å²) in [7, 11) is 0. The van der Waals surface area contributed by atoms with E-state index >= 15 is 0 Å². The lowest BCUT2D eigenvalue weighted by Crippen LogP contribution is -2.56. The van der Waals surface area contributed by atoms with Crippen LogP contribution < -0.4 is 5.32 Å². The molecule has 3 rings (SSSR count). The van der Waals surface area contributed by atoms with Crippen molar-refractivity contribution in [3.8, 4) is 0 Å². The van der Waals surface area contributed by atoms with Gasteiger partial charge in [-0.15, -0.1) is 11.3 Å². The highest BCUT2D eigenvalue weighted by Gasteiger charge is 2.36. The summed E-state index contributed by atoms with van der Waals surface area (Å²) in [5, 5.41) is 7.13. The van der Waals surface area contributed by atoms with Gasteiger partial charge in [0.05, 0.1) is 6.54 Å². The second-order valence-electron chi connectivity index (χ2n) is 5.65. The highest BCUT2D eigenvalue weighted by Crippen LogP contribution is 2.34. The fraction of sp³-hybridized carbons (Fsp3) is 0.786. The van der Waals surface area contributed by atoms with Crippen LogP contribution in [0.4, 0.5) is 0 Å². The average Bonchev–Trinajstić information content (AvgIpc) is 3.11. The first-order chi connectivity index (χ1) is 8.86. The van der Waals surface area contributed by atoms with Gasteiger partial charge in [0.25, 0.3) is 0 Å². The lowest BCUT2D eigenvalue weighted by atomic mass is 10.0. The van der Waals surface area contributed by atoms with Crippen molar-refractivity contribution in [2.24, 2.45) is 5.92 Å². The second-order valence-corrected chi connectivity index (χ2v) is 6.63. The van der Waals surface area contributed by atoms with E-state index in [0.29, 0.717) is 6.04 Å². The van der Waals surface area contributed by atoms with E-state index in [0.717, 1.165) is 18.5 Å². The van der Waals surface area contributed by atoms with Gasteiger partial charge in [0.1, 0.15) is 5.01 Å². The third kappa shape index (κ3) is 2.92. The Morgan fingerprint density at radius 3 is 3.06 bits per heavy atom. The molecule has 2 heterocycles. The Morgan fingerprint density at radius 2 is 2.39 bits per heavy atom. The molecule has 1 aliphatic heterocycles. The summed E-state index contributed by atoms with van der Waals surface area (Å²) < 4.78 is 0. The van der Waals surface area contributed by atoms with Crippen LogP contribution >= 0.6 is 11.3 Å². The highest BCUT2D eigenvalue weighted by molar-refractivity contribution is 7.09. The van der Waals surface area contributed by atoms with E-state index in [1.54, 1.807) is 11.3 Å². The van der Waals surface area contributed by atoms with Crippen molar-refractivity contribution in [1.29, 1.82) is 0 Å². The van der Waals surface area contributed by atoms with E-state index < -0.39 is 0 Å². The molecule has 1 aromatic heterocycles. The van der Waals surface area contributed by atoms with Crippen LogP contribution in [0.1, 0.15) is 37.6 Å². The van der Waals surface area contributed by atoms with Crippen LogP contribution in [0.15, 0.2) is 11.6 Å². The van der Waals surface area contributed by atoms with Crippen LogP contribution in [0.2, 0.25) is 0 Å². The molecule has 4 heteroatoms. The third-order valence-electron chi connectivity index (χ3n) is 4.20. The molecule has 2 atom stereocenters. The molecule has 1 aliphatic carbocycles. The minimum Gasteiger partial charge on any atom is -0.311 e. The number of rotatable bonds is 5. The minimum atomic E-state index is 0.703. The molecule has 2 unspecified atom stereocenters. The molecule has 0 bridgehead atoms. The van der Waals surface area contributed by atoms with E-state index in [-0.39, 0.29) is 0 Å². The van der Waals surface area contributed by atoms with Crippen LogP contribution in [0, 0.1) is 5.92 Å². The molecule has 100 valence electrons. The Kier molecular flexibility index (Phi) is 3.97. The quantitative estimate of drug-likeness (QED) is 0.886. The first kappa shape index (κ1) is 12.6. The van der Waals surface area contributed by atoms with Crippen molar-refractivity contribution in [3.05, 3.63) is 16.6 Å². The fourth-order valence-corrected chi connectivity index (χ4v) is 3.65. The molecule has 1 aromatic rings. The predicted octanol–water partition coefficient (Wildman–Crippen LogP) is 2.50. The Labute approximate surface area is 114 Å². The van der Waals surface area contributed by atoms with Gasteiger partial charge in [0, 0.05) is 36.8 Å². The van der Waals surface area contributed by atoms with E-state index in [2.05, 4.69) is 27.5 Å². The number of nitrogens with one attached hydrogen (secondary N) is 1. The maximum Gasteiger partial charge on any atom is 0.107 e. The minimum absolute atomic E-state index is 0.703. The maximum absolute atomic E-state index is 4.45. The summed E-state index contributed by atoms with van der Waals surface area (Å²) >= 11 is 1.79. The van der Waals surface area contributed by atoms with Gasteiger partial charge in [-0.1, -0.05) is 13.3 Å². The summed E-state index contributed by atoms with van der Waals surface area (Å²) in [5.74, 6) is 0.950. The Bertz CT molecular complexity index is 361. The summed E-state index contributed by atoms with van der Waals surface area (Å²) in [6.07, 6.45) is 7.36. The molecule has 0 radical (unpaired) electrons. The van der Waals surface area contributed by atoms with Crippen molar-refractivity contribution in [2.75, 3.05) is 13.1 Å². The number of hydrogen-bond donors (Lipinski definition) is 1. The Balaban J connectivity index is 1.64. The monoisotopic (exact) mass is 265 g/mol. The van der Waals surface area contributed by atoms with Crippen molar-refractivity contribution < 1.29 is 0 Å². The third-order valence-corrected chi connectivity index (χ3v) is 4.96. The summed E-state index contributed by atoms with van der Waals surface area (Å²) in [6, 6.07) is 1.44. The van der Waals surface area contributed by atoms with Crippen LogP contribution in [0.25, 0.3) is 0 Å². The fourth-order valence-electron chi connectivity index (χ4n) is 3.01. The number of nitrogens with zero attached hydrogens (tertiary/aromatic N) is 2. The lowest BCUT2D eigenvalue weighted by Gasteiger charge is -2.40. The van der Waals surface area contributed by atoms with Gasteiger partial charge in [-0.25, -0.2) is 4.98 Å². The van der Waals surface area contributed by atoms with Gasteiger partial charge < -0.3 is 5.32 Å². The van der Waals surface area contributed by atoms with E-state index in [1.807, 2.05) is 6.20 Å². The van der Waals surface area contributed by atoms with Crippen LogP contribution in [0.3, 0.4) is 0 Å². The number of thiazole rings is 1. The SMILES string of the molecule is CCCC1CNC(C2CC2)CN1Cc1nccs1. The zero-order valence-electron chi connectivity index (χ0n) is 11.1. The summed E-state index contributed by atoms with van der Waals surface area (Å²) in [5.41, 5.74) is 0. The Hall–Kier alpha value is -0.450. The molecule has 0 spiro atoms. The normalized spacial score (nSPS) is 29.6. The van der Waals surface area contributed by atoms with Gasteiger partial charge >= 0.3 is 0 Å². The number of aromatic nitrogens is 1. The molecule has 1 saturated carbocycles. The van der Waals surface area contributed by atoms with Crippen molar-refractivity contribution in [1.82, 2.24) is 15.2 Å². The van der Waals surface area contributed by atoms with Crippen molar-refractivity contribution >= 4 is 11.3 Å². The molecule has 3 nitrogen and oxygen atoms in total. The van der Waals surface area contributed by atoms with Gasteiger partial charge in [-0.2, -0.15) is 0 Å². The van der Waals surface area contributed by atoms with Crippen molar-refractivity contribution in [3.63, 3.8) is 0 Å². The van der Waals surface area contributed by atoms with Crippen LogP contribution in [-0.2, 0) is 6.54 Å². The molecule has 2 aliphatic rings. The highest BCUT2D eigenvalue weighted by atomic mass is 32.1. The summed E-state index contributed by atoms with van der Waals surface area (Å²) in [4.78, 5) is 7.12. The smallest absolute Gasteiger partial charge is 0.107 e. The molecule has 1 saturated heterocycles. The first-order valence-corrected chi connectivity index (χ1v) is 8.10. The van der Waals surface area contributed by atoms with Crippen LogP contribution in [0.5, 0.6) is 0 Å². The zero-order chi connectivity index (χ0) is 12.4. The molecule has 0 aromatic carbocycles.